The van der Waals surface area contributed by atoms with Crippen molar-refractivity contribution in [2.45, 2.75) is 165 Å². The number of phenols is 1. The van der Waals surface area contributed by atoms with Gasteiger partial charge in [-0.25, -0.2) is 4.79 Å². The Morgan fingerprint density at radius 2 is 1.01 bits per heavy atom. The van der Waals surface area contributed by atoms with Gasteiger partial charge in [0.25, 0.3) is 0 Å². The number of hydrogen-bond acceptors (Lipinski definition) is 15. The molecule has 1 aliphatic rings. The number of benzene rings is 4. The number of amides is 11. The van der Waals surface area contributed by atoms with Crippen LogP contribution in [0.4, 0.5) is 0 Å². The summed E-state index contributed by atoms with van der Waals surface area (Å²) < 4.78 is 0. The van der Waals surface area contributed by atoms with Gasteiger partial charge in [-0.2, -0.15) is 0 Å². The van der Waals surface area contributed by atoms with Gasteiger partial charge >= 0.3 is 5.97 Å². The standard InChI is InChI=1S/C70H91N15O14/c1-38(2)30-56(70(98)99)83-61(89)50(20-12-28-71)78-68(96)60(39(3)4)84-66(94)52(32-41-22-24-44(86)25-23-41)79-62(90)51(26-27-58(73)87)77-65(93)55(35-59(74)88)81-63(91)53(33-42-36-75-48-18-10-8-16-45(42)48)80-64(92)54(34-43-37-76-49-19-11-9-17-46(43)49)82-67(95)57-21-13-29-85(57)69(97)47(72)31-40-14-6-5-7-15-40/h5-11,14-19,22-25,36-39,47,50-57,60,75-76,86H,12-13,20-21,26-35,71-72H2,1-4H3,(H2,73,87)(H2,74,88)(H,77,93)(H,78,96)(H,79,90)(H,80,92)(H,81,91)(H,82,95)(H,83,89)(H,84,94)(H,98,99)/t47-,50+,51+,52+,53-,54+,55+,56+,57+,60+/m1/s1. The third-order valence-corrected chi connectivity index (χ3v) is 17.2. The molecule has 29 heteroatoms. The molecule has 1 saturated heterocycles. The molecule has 0 radical (unpaired) electrons. The number of aromatic nitrogens is 2. The molecule has 2 aromatic heterocycles. The van der Waals surface area contributed by atoms with Crippen LogP contribution in [0, 0.1) is 11.8 Å². The minimum absolute atomic E-state index is 0.00193. The fourth-order valence-electron chi connectivity index (χ4n) is 11.9. The molecule has 20 N–H and O–H groups in total. The van der Waals surface area contributed by atoms with Crippen LogP contribution in [0.25, 0.3) is 21.8 Å². The summed E-state index contributed by atoms with van der Waals surface area (Å²) >= 11 is 0. The van der Waals surface area contributed by atoms with Crippen LogP contribution in [-0.2, 0) is 83.2 Å². The van der Waals surface area contributed by atoms with Crippen molar-refractivity contribution in [1.82, 2.24) is 57.4 Å². The smallest absolute Gasteiger partial charge is 0.326 e. The third-order valence-electron chi connectivity index (χ3n) is 17.2. The second-order valence-corrected chi connectivity index (χ2v) is 25.7. The number of nitrogens with zero attached hydrogens (tertiary/aromatic N) is 1. The van der Waals surface area contributed by atoms with E-state index in [4.69, 9.17) is 22.9 Å². The molecule has 99 heavy (non-hydrogen) atoms. The number of carbonyl (C=O) groups excluding carboxylic acids is 11. The Morgan fingerprint density at radius 1 is 0.535 bits per heavy atom. The average Bonchev–Trinajstić information content (AvgIpc) is 1.74. The first-order valence-corrected chi connectivity index (χ1v) is 33.1. The Kier molecular flexibility index (Phi) is 27.6. The second kappa shape index (κ2) is 36.1. The molecule has 4 aromatic carbocycles. The highest BCUT2D eigenvalue weighted by Gasteiger charge is 2.40. The Hall–Kier alpha value is -10.7. The van der Waals surface area contributed by atoms with E-state index in [1.54, 1.807) is 70.4 Å². The summed E-state index contributed by atoms with van der Waals surface area (Å²) in [6.07, 6.45) is 1.91. The number of hydrogen-bond donors (Lipinski definition) is 16. The molecule has 0 aliphatic carbocycles. The molecular weight excluding hydrogens is 1270 g/mol. The first kappa shape index (κ1) is 75.7. The topological polar surface area (TPSA) is 480 Å². The number of nitrogens with two attached hydrogens (primary N) is 4. The number of aromatic hydroxyl groups is 1. The van der Waals surface area contributed by atoms with Gasteiger partial charge in [-0.1, -0.05) is 107 Å². The minimum Gasteiger partial charge on any atom is -0.508 e. The van der Waals surface area contributed by atoms with Gasteiger partial charge in [0.05, 0.1) is 12.5 Å². The molecule has 1 fully saturated rings. The Labute approximate surface area is 572 Å². The van der Waals surface area contributed by atoms with Crippen LogP contribution in [0.5, 0.6) is 5.75 Å². The monoisotopic (exact) mass is 1370 g/mol. The molecule has 10 atom stereocenters. The summed E-state index contributed by atoms with van der Waals surface area (Å²) in [7, 11) is 0. The predicted octanol–water partition coefficient (Wildman–Crippen LogP) is 0.489. The molecule has 3 heterocycles. The summed E-state index contributed by atoms with van der Waals surface area (Å²) in [4.78, 5) is 176. The first-order chi connectivity index (χ1) is 47.2. The van der Waals surface area contributed by atoms with Crippen LogP contribution in [0.15, 0.2) is 116 Å². The van der Waals surface area contributed by atoms with Crippen molar-refractivity contribution >= 4 is 92.8 Å². The number of rotatable bonds is 37. The summed E-state index contributed by atoms with van der Waals surface area (Å²) in [5.41, 5.74) is 27.2. The normalized spacial score (nSPS) is 15.6. The van der Waals surface area contributed by atoms with E-state index >= 15 is 9.59 Å². The Bertz CT molecular complexity index is 3840. The summed E-state index contributed by atoms with van der Waals surface area (Å²) in [6, 6.07) is 14.8. The van der Waals surface area contributed by atoms with E-state index in [1.165, 1.54) is 29.2 Å². The molecule has 0 bridgehead atoms. The summed E-state index contributed by atoms with van der Waals surface area (Å²) in [6.45, 7) is 7.08. The maximum Gasteiger partial charge on any atom is 0.326 e. The van der Waals surface area contributed by atoms with E-state index in [-0.39, 0.29) is 76.1 Å². The molecule has 0 saturated carbocycles. The number of carbonyl (C=O) groups is 12. The highest BCUT2D eigenvalue weighted by atomic mass is 16.4. The molecule has 6 aromatic rings. The van der Waals surface area contributed by atoms with Gasteiger partial charge in [-0.05, 0) is 110 Å². The number of primary amides is 2. The van der Waals surface area contributed by atoms with E-state index in [0.717, 1.165) is 16.5 Å². The van der Waals surface area contributed by atoms with E-state index in [1.807, 2.05) is 48.5 Å². The predicted molar refractivity (Wildman–Crippen MR) is 367 cm³/mol. The maximum absolute atomic E-state index is 15.2. The van der Waals surface area contributed by atoms with Crippen LogP contribution >= 0.6 is 0 Å². The molecule has 29 nitrogen and oxygen atoms in total. The number of carboxylic acid groups (broad SMARTS) is 1. The summed E-state index contributed by atoms with van der Waals surface area (Å²) in [5, 5.41) is 42.4. The Balaban J connectivity index is 1.15. The van der Waals surface area contributed by atoms with Crippen molar-refractivity contribution in [1.29, 1.82) is 0 Å². The molecule has 1 aliphatic heterocycles. The van der Waals surface area contributed by atoms with Crippen LogP contribution < -0.4 is 65.5 Å². The molecule has 7 rings (SSSR count). The fraction of sp³-hybridized carbons (Fsp3) is 0.429. The van der Waals surface area contributed by atoms with Crippen molar-refractivity contribution in [3.8, 4) is 5.75 Å². The Morgan fingerprint density at radius 3 is 1.56 bits per heavy atom. The highest BCUT2D eigenvalue weighted by Crippen LogP contribution is 2.24. The van der Waals surface area contributed by atoms with E-state index < -0.39 is 157 Å². The lowest BCUT2D eigenvalue weighted by Crippen LogP contribution is -2.61. The van der Waals surface area contributed by atoms with Gasteiger partial charge < -0.3 is 90.5 Å². The van der Waals surface area contributed by atoms with Crippen LogP contribution in [0.3, 0.4) is 0 Å². The molecule has 0 spiro atoms. The number of aliphatic carboxylic acids is 1. The average molecular weight is 1370 g/mol. The minimum atomic E-state index is -1.90. The zero-order chi connectivity index (χ0) is 72.0. The summed E-state index contributed by atoms with van der Waals surface area (Å²) in [5.74, 6) is -12.2. The number of para-hydroxylation sites is 2. The van der Waals surface area contributed by atoms with E-state index in [2.05, 4.69) is 52.5 Å². The fourth-order valence-corrected chi connectivity index (χ4v) is 11.9. The molecule has 530 valence electrons. The second-order valence-electron chi connectivity index (χ2n) is 25.7. The van der Waals surface area contributed by atoms with Crippen LogP contribution in [0.2, 0.25) is 0 Å². The van der Waals surface area contributed by atoms with Crippen molar-refractivity contribution in [2.75, 3.05) is 13.1 Å². The molecule has 11 amide bonds. The lowest BCUT2D eigenvalue weighted by Gasteiger charge is -2.29. The third kappa shape index (κ3) is 21.9. The molecular formula is C70H91N15O14. The SMILES string of the molecule is CC(C)C[C@H](NC(=O)[C@H](CCCN)NC(=O)[C@@H](NC(=O)[C@H](Cc1ccc(O)cc1)NC(=O)[C@H](CCC(N)=O)NC(=O)[C@H](CC(N)=O)NC(=O)[C@@H](Cc1c[nH]c2ccccc12)NC(=O)[C@H](Cc1c[nH]c2ccccc12)NC(=O)[C@@H]1CCCN1C(=O)[C@H](N)Cc1ccccc1)C(C)C)C(=O)O. The number of likely N-dealkylation sites (tertiary alicyclic amines) is 1. The van der Waals surface area contributed by atoms with Crippen molar-refractivity contribution in [3.63, 3.8) is 0 Å². The van der Waals surface area contributed by atoms with Crippen molar-refractivity contribution in [3.05, 3.63) is 138 Å². The van der Waals surface area contributed by atoms with E-state index in [9.17, 15) is 58.2 Å². The van der Waals surface area contributed by atoms with Gasteiger partial charge in [0.1, 0.15) is 60.1 Å². The van der Waals surface area contributed by atoms with Gasteiger partial charge in [-0.15, -0.1) is 0 Å². The zero-order valence-corrected chi connectivity index (χ0v) is 55.8. The highest BCUT2D eigenvalue weighted by molar-refractivity contribution is 6.00. The zero-order valence-electron chi connectivity index (χ0n) is 55.8. The quantitative estimate of drug-likeness (QED) is 0.0252. The largest absolute Gasteiger partial charge is 0.508 e. The first-order valence-electron chi connectivity index (χ1n) is 33.1. The van der Waals surface area contributed by atoms with Gasteiger partial charge in [0.2, 0.25) is 65.0 Å². The van der Waals surface area contributed by atoms with Crippen molar-refractivity contribution < 1.29 is 67.7 Å². The molecule has 0 unspecified atom stereocenters. The van der Waals surface area contributed by atoms with Gasteiger partial charge in [0, 0.05) is 66.4 Å². The number of fused-ring (bicyclic) bond motifs is 2. The lowest BCUT2D eigenvalue weighted by molar-refractivity contribution is -0.143. The van der Waals surface area contributed by atoms with Crippen molar-refractivity contribution in [2.24, 2.45) is 34.8 Å². The number of phenolic OH excluding ortho intramolecular Hbond substituents is 1. The number of aromatic amines is 2. The number of carboxylic acids is 1. The maximum atomic E-state index is 15.2. The lowest BCUT2D eigenvalue weighted by atomic mass is 9.99. The number of nitrogens with one attached hydrogen (secondary N) is 10. The van der Waals surface area contributed by atoms with Crippen LogP contribution in [0.1, 0.15) is 101 Å². The van der Waals surface area contributed by atoms with Gasteiger partial charge in [0.15, 0.2) is 0 Å². The number of H-pyrrole nitrogens is 2. The van der Waals surface area contributed by atoms with Gasteiger partial charge in [-0.3, -0.25) is 52.7 Å². The van der Waals surface area contributed by atoms with E-state index in [0.29, 0.717) is 34.0 Å². The van der Waals surface area contributed by atoms with Crippen LogP contribution in [-0.4, -0.2) is 170 Å².